The zero-order chi connectivity index (χ0) is 13.8. The summed E-state index contributed by atoms with van der Waals surface area (Å²) in [6.45, 7) is 9.23. The van der Waals surface area contributed by atoms with Crippen molar-refractivity contribution in [2.75, 3.05) is 39.8 Å². The van der Waals surface area contributed by atoms with E-state index in [9.17, 15) is 0 Å². The number of likely N-dealkylation sites (N-methyl/N-ethyl adjacent to an activating group) is 1. The first-order valence-electron chi connectivity index (χ1n) is 7.07. The van der Waals surface area contributed by atoms with Gasteiger partial charge < -0.3 is 10.6 Å². The van der Waals surface area contributed by atoms with E-state index in [1.165, 1.54) is 16.7 Å². The molecule has 0 bridgehead atoms. The first kappa shape index (κ1) is 14.5. The first-order chi connectivity index (χ1) is 9.10. The lowest BCUT2D eigenvalue weighted by atomic mass is 9.99. The smallest absolute Gasteiger partial charge is 0.0589 e. The number of aryl methyl sites for hydroxylation is 2. The van der Waals surface area contributed by atoms with Crippen LogP contribution in [0, 0.1) is 13.8 Å². The fourth-order valence-corrected chi connectivity index (χ4v) is 2.54. The Hall–Kier alpha value is -0.940. The highest BCUT2D eigenvalue weighted by Crippen LogP contribution is 2.19. The minimum absolute atomic E-state index is 0.211. The average molecular weight is 262 g/mol. The molecule has 0 saturated carbocycles. The number of nitrogens with one attached hydrogen (secondary N) is 1. The normalized spacial score (nSPS) is 19.6. The zero-order valence-electron chi connectivity index (χ0n) is 12.3. The van der Waals surface area contributed by atoms with E-state index in [4.69, 9.17) is 5.73 Å². The largest absolute Gasteiger partial charge is 0.329 e. The highest BCUT2D eigenvalue weighted by Gasteiger charge is 2.19. The van der Waals surface area contributed by atoms with Gasteiger partial charge in [0.1, 0.15) is 0 Å². The molecule has 1 atom stereocenters. The van der Waals surface area contributed by atoms with Crippen LogP contribution in [-0.4, -0.2) is 49.7 Å². The Kier molecular flexibility index (Phi) is 4.93. The van der Waals surface area contributed by atoms with Crippen LogP contribution in [0.2, 0.25) is 0 Å². The summed E-state index contributed by atoms with van der Waals surface area (Å²) in [4.78, 5) is 2.35. The van der Waals surface area contributed by atoms with E-state index < -0.39 is 0 Å². The molecule has 0 radical (unpaired) electrons. The molecule has 2 rings (SSSR count). The van der Waals surface area contributed by atoms with Crippen molar-refractivity contribution >= 4 is 0 Å². The summed E-state index contributed by atoms with van der Waals surface area (Å²) in [5.41, 5.74) is 13.5. The topological polar surface area (TPSA) is 44.5 Å². The number of benzene rings is 1. The highest BCUT2D eigenvalue weighted by atomic mass is 15.5. The number of hydrazine groups is 1. The van der Waals surface area contributed by atoms with Gasteiger partial charge in [-0.15, -0.1) is 0 Å². The van der Waals surface area contributed by atoms with Crippen molar-refractivity contribution in [3.63, 3.8) is 0 Å². The Balaban J connectivity index is 2.05. The van der Waals surface area contributed by atoms with Gasteiger partial charge in [-0.05, 0) is 32.0 Å². The first-order valence-corrected chi connectivity index (χ1v) is 7.07. The molecule has 1 saturated heterocycles. The Bertz CT molecular complexity index is 411. The Morgan fingerprint density at radius 2 is 1.89 bits per heavy atom. The van der Waals surface area contributed by atoms with Crippen molar-refractivity contribution < 1.29 is 0 Å². The minimum Gasteiger partial charge on any atom is -0.329 e. The second kappa shape index (κ2) is 6.48. The molecule has 0 aromatic heterocycles. The van der Waals surface area contributed by atoms with Gasteiger partial charge in [0.2, 0.25) is 0 Å². The molecular formula is C15H26N4. The lowest BCUT2D eigenvalue weighted by Crippen LogP contribution is -2.52. The lowest BCUT2D eigenvalue weighted by Gasteiger charge is -2.35. The second-order valence-electron chi connectivity index (χ2n) is 5.57. The minimum atomic E-state index is 0.211. The van der Waals surface area contributed by atoms with Gasteiger partial charge in [0.05, 0.1) is 6.04 Å². The summed E-state index contributed by atoms with van der Waals surface area (Å²) >= 11 is 0. The van der Waals surface area contributed by atoms with Crippen molar-refractivity contribution in [2.45, 2.75) is 19.9 Å². The van der Waals surface area contributed by atoms with Crippen LogP contribution in [0.5, 0.6) is 0 Å². The van der Waals surface area contributed by atoms with Crippen LogP contribution in [0.25, 0.3) is 0 Å². The molecular weight excluding hydrogens is 236 g/mol. The van der Waals surface area contributed by atoms with Gasteiger partial charge in [0.25, 0.3) is 0 Å². The summed E-state index contributed by atoms with van der Waals surface area (Å²) in [5.74, 6) is 0. The van der Waals surface area contributed by atoms with Crippen LogP contribution < -0.4 is 11.2 Å². The highest BCUT2D eigenvalue weighted by molar-refractivity contribution is 5.33. The van der Waals surface area contributed by atoms with Gasteiger partial charge in [-0.3, -0.25) is 0 Å². The van der Waals surface area contributed by atoms with Crippen molar-refractivity contribution in [1.82, 2.24) is 15.3 Å². The van der Waals surface area contributed by atoms with Crippen LogP contribution in [0.4, 0.5) is 0 Å². The quantitative estimate of drug-likeness (QED) is 0.851. The molecule has 1 heterocycles. The fourth-order valence-electron chi connectivity index (χ4n) is 2.54. The third-order valence-corrected chi connectivity index (χ3v) is 3.89. The number of hydrogen-bond acceptors (Lipinski definition) is 4. The van der Waals surface area contributed by atoms with Gasteiger partial charge in [0, 0.05) is 32.7 Å². The molecule has 1 unspecified atom stereocenters. The molecule has 1 aliphatic heterocycles. The van der Waals surface area contributed by atoms with Gasteiger partial charge >= 0.3 is 0 Å². The lowest BCUT2D eigenvalue weighted by molar-refractivity contribution is 0.0879. The van der Waals surface area contributed by atoms with E-state index in [1.54, 1.807) is 0 Å². The molecule has 106 valence electrons. The number of piperazine rings is 1. The molecule has 4 heteroatoms. The molecule has 1 fully saturated rings. The average Bonchev–Trinajstić information content (AvgIpc) is 2.41. The molecule has 1 aromatic carbocycles. The maximum absolute atomic E-state index is 5.97. The molecule has 0 amide bonds. The summed E-state index contributed by atoms with van der Waals surface area (Å²) in [6.07, 6.45) is 0. The SMILES string of the molecule is Cc1ccc(C)c(C(CN)NN2CCN(C)CC2)c1. The molecule has 1 aliphatic rings. The Morgan fingerprint density at radius 3 is 2.53 bits per heavy atom. The fraction of sp³-hybridized carbons (Fsp3) is 0.600. The number of rotatable bonds is 4. The van der Waals surface area contributed by atoms with Gasteiger partial charge in [-0.1, -0.05) is 23.8 Å². The molecule has 4 nitrogen and oxygen atoms in total. The van der Waals surface area contributed by atoms with E-state index in [0.29, 0.717) is 6.54 Å². The molecule has 1 aromatic rings. The van der Waals surface area contributed by atoms with E-state index in [0.717, 1.165) is 26.2 Å². The van der Waals surface area contributed by atoms with Gasteiger partial charge in [-0.25, -0.2) is 10.4 Å². The van der Waals surface area contributed by atoms with E-state index in [1.807, 2.05) is 0 Å². The van der Waals surface area contributed by atoms with E-state index in [-0.39, 0.29) is 6.04 Å². The Morgan fingerprint density at radius 1 is 1.21 bits per heavy atom. The van der Waals surface area contributed by atoms with Gasteiger partial charge in [0.15, 0.2) is 0 Å². The van der Waals surface area contributed by atoms with Crippen molar-refractivity contribution in [2.24, 2.45) is 5.73 Å². The number of nitrogens with zero attached hydrogens (tertiary/aromatic N) is 2. The number of hydrogen-bond donors (Lipinski definition) is 2. The van der Waals surface area contributed by atoms with Crippen LogP contribution in [-0.2, 0) is 0 Å². The van der Waals surface area contributed by atoms with Crippen molar-refractivity contribution in [1.29, 1.82) is 0 Å². The monoisotopic (exact) mass is 262 g/mol. The Labute approximate surface area is 116 Å². The maximum Gasteiger partial charge on any atom is 0.0589 e. The van der Waals surface area contributed by atoms with Crippen LogP contribution >= 0.6 is 0 Å². The molecule has 19 heavy (non-hydrogen) atoms. The third-order valence-electron chi connectivity index (χ3n) is 3.89. The molecule has 0 aliphatic carbocycles. The van der Waals surface area contributed by atoms with Crippen molar-refractivity contribution in [3.05, 3.63) is 34.9 Å². The molecule has 3 N–H and O–H groups in total. The number of nitrogens with two attached hydrogens (primary N) is 1. The van der Waals surface area contributed by atoms with Gasteiger partial charge in [-0.2, -0.15) is 0 Å². The van der Waals surface area contributed by atoms with E-state index >= 15 is 0 Å². The van der Waals surface area contributed by atoms with Crippen LogP contribution in [0.3, 0.4) is 0 Å². The summed E-state index contributed by atoms with van der Waals surface area (Å²) in [7, 11) is 2.17. The summed E-state index contributed by atoms with van der Waals surface area (Å²) in [5, 5.41) is 2.30. The van der Waals surface area contributed by atoms with Crippen LogP contribution in [0.15, 0.2) is 18.2 Å². The molecule has 0 spiro atoms. The summed E-state index contributed by atoms with van der Waals surface area (Å²) < 4.78 is 0. The second-order valence-corrected chi connectivity index (χ2v) is 5.57. The van der Waals surface area contributed by atoms with E-state index in [2.05, 4.69) is 54.4 Å². The maximum atomic E-state index is 5.97. The standard InChI is InChI=1S/C15H26N4/c1-12-4-5-13(2)14(10-12)15(11-16)17-19-8-6-18(3)7-9-19/h4-5,10,15,17H,6-9,11,16H2,1-3H3. The van der Waals surface area contributed by atoms with Crippen molar-refractivity contribution in [3.8, 4) is 0 Å². The predicted octanol–water partition coefficient (Wildman–Crippen LogP) is 1.06. The van der Waals surface area contributed by atoms with Crippen LogP contribution in [0.1, 0.15) is 22.7 Å². The predicted molar refractivity (Wildman–Crippen MR) is 79.9 cm³/mol. The third kappa shape index (κ3) is 3.76. The zero-order valence-corrected chi connectivity index (χ0v) is 12.3. The summed E-state index contributed by atoms with van der Waals surface area (Å²) in [6, 6.07) is 6.79.